The number of nitrogens with one attached hydrogen (secondary N) is 1. The van der Waals surface area contributed by atoms with E-state index in [-0.39, 0.29) is 0 Å². The van der Waals surface area contributed by atoms with Gasteiger partial charge in [-0.2, -0.15) is 0 Å². The third-order valence-electron chi connectivity index (χ3n) is 3.46. The zero-order valence-corrected chi connectivity index (χ0v) is 10.2. The molecular weight excluding hydrogens is 216 g/mol. The predicted molar refractivity (Wildman–Crippen MR) is 67.5 cm³/mol. The maximum absolute atomic E-state index is 10.4. The highest BCUT2D eigenvalue weighted by atomic mass is 16.3. The highest BCUT2D eigenvalue weighted by molar-refractivity contribution is 5.38. The van der Waals surface area contributed by atoms with Crippen molar-refractivity contribution in [3.63, 3.8) is 0 Å². The Labute approximate surface area is 101 Å². The lowest BCUT2D eigenvalue weighted by Gasteiger charge is -2.35. The molecule has 94 valence electrons. The number of hydrogen-bond donors (Lipinski definition) is 3. The predicted octanol–water partition coefficient (Wildman–Crippen LogP) is 1.41. The summed E-state index contributed by atoms with van der Waals surface area (Å²) in [6.45, 7) is 2.74. The summed E-state index contributed by atoms with van der Waals surface area (Å²) in [6.07, 6.45) is 6.97. The van der Waals surface area contributed by atoms with Gasteiger partial charge in [-0.05, 0) is 31.6 Å². The Morgan fingerprint density at radius 2 is 2.18 bits per heavy atom. The van der Waals surface area contributed by atoms with Gasteiger partial charge in [-0.25, -0.2) is 4.98 Å². The minimum atomic E-state index is -0.612. The number of anilines is 2. The van der Waals surface area contributed by atoms with Gasteiger partial charge in [0.1, 0.15) is 11.6 Å². The summed E-state index contributed by atoms with van der Waals surface area (Å²) < 4.78 is 0. The van der Waals surface area contributed by atoms with Gasteiger partial charge in [-0.15, -0.1) is 0 Å². The Morgan fingerprint density at radius 1 is 1.47 bits per heavy atom. The summed E-state index contributed by atoms with van der Waals surface area (Å²) in [4.78, 5) is 8.05. The van der Waals surface area contributed by atoms with Gasteiger partial charge in [-0.3, -0.25) is 4.98 Å². The summed E-state index contributed by atoms with van der Waals surface area (Å²) in [6, 6.07) is 0. The van der Waals surface area contributed by atoms with Crippen LogP contribution in [-0.2, 0) is 0 Å². The quantitative estimate of drug-likeness (QED) is 0.739. The third kappa shape index (κ3) is 3.30. The molecule has 5 heteroatoms. The van der Waals surface area contributed by atoms with Gasteiger partial charge in [0, 0.05) is 6.54 Å². The normalized spacial score (nSPS) is 28.9. The van der Waals surface area contributed by atoms with Crippen molar-refractivity contribution in [2.24, 2.45) is 5.92 Å². The molecule has 1 aliphatic rings. The number of aromatic nitrogens is 2. The van der Waals surface area contributed by atoms with Crippen LogP contribution in [0, 0.1) is 5.92 Å². The Balaban J connectivity index is 1.89. The minimum absolute atomic E-state index is 0.388. The maximum Gasteiger partial charge on any atom is 0.147 e. The lowest BCUT2D eigenvalue weighted by Crippen LogP contribution is -2.40. The van der Waals surface area contributed by atoms with Gasteiger partial charge in [0.15, 0.2) is 0 Å². The second-order valence-electron chi connectivity index (χ2n) is 5.09. The first kappa shape index (κ1) is 12.1. The van der Waals surface area contributed by atoms with Gasteiger partial charge in [-0.1, -0.05) is 6.92 Å². The number of nitrogens with zero attached hydrogens (tertiary/aromatic N) is 2. The Morgan fingerprint density at radius 3 is 2.82 bits per heavy atom. The number of aliphatic hydroxyl groups is 1. The molecule has 0 aromatic carbocycles. The highest BCUT2D eigenvalue weighted by Gasteiger charge is 2.31. The van der Waals surface area contributed by atoms with Crippen LogP contribution < -0.4 is 11.1 Å². The van der Waals surface area contributed by atoms with Crippen LogP contribution in [-0.4, -0.2) is 27.2 Å². The molecule has 0 bridgehead atoms. The molecule has 5 nitrogen and oxygen atoms in total. The smallest absolute Gasteiger partial charge is 0.147 e. The van der Waals surface area contributed by atoms with E-state index < -0.39 is 5.60 Å². The highest BCUT2D eigenvalue weighted by Crippen LogP contribution is 2.31. The van der Waals surface area contributed by atoms with Gasteiger partial charge in [0.2, 0.25) is 0 Å². The molecule has 1 aromatic rings. The van der Waals surface area contributed by atoms with E-state index in [0.717, 1.165) is 31.6 Å². The van der Waals surface area contributed by atoms with E-state index in [9.17, 15) is 5.11 Å². The number of nitrogens with two attached hydrogens (primary N) is 1. The average Bonchev–Trinajstić information content (AvgIpc) is 2.31. The monoisotopic (exact) mass is 236 g/mol. The first-order valence-corrected chi connectivity index (χ1v) is 6.11. The molecule has 0 aliphatic heterocycles. The fourth-order valence-electron chi connectivity index (χ4n) is 2.20. The van der Waals surface area contributed by atoms with Crippen molar-refractivity contribution in [3.05, 3.63) is 12.4 Å². The fourth-order valence-corrected chi connectivity index (χ4v) is 2.20. The Kier molecular flexibility index (Phi) is 3.47. The van der Waals surface area contributed by atoms with Crippen molar-refractivity contribution in [2.75, 3.05) is 17.6 Å². The zero-order valence-electron chi connectivity index (χ0n) is 10.2. The molecule has 1 aliphatic carbocycles. The van der Waals surface area contributed by atoms with Crippen LogP contribution >= 0.6 is 0 Å². The maximum atomic E-state index is 10.4. The minimum Gasteiger partial charge on any atom is -0.388 e. The van der Waals surface area contributed by atoms with Gasteiger partial charge in [0.25, 0.3) is 0 Å². The van der Waals surface area contributed by atoms with E-state index in [4.69, 9.17) is 5.73 Å². The lowest BCUT2D eigenvalue weighted by atomic mass is 9.79. The topological polar surface area (TPSA) is 84.1 Å². The standard InChI is InChI=1S/C12H20N4O/c1-9-2-4-12(17,5-3-9)8-15-11-7-14-6-10(13)16-11/h6-7,9,17H,2-5,8H2,1H3,(H3,13,15,16). The summed E-state index contributed by atoms with van der Waals surface area (Å²) in [7, 11) is 0. The molecule has 17 heavy (non-hydrogen) atoms. The van der Waals surface area contributed by atoms with Crippen molar-refractivity contribution in [2.45, 2.75) is 38.2 Å². The van der Waals surface area contributed by atoms with Crippen LogP contribution in [0.2, 0.25) is 0 Å². The zero-order chi connectivity index (χ0) is 12.3. The van der Waals surface area contributed by atoms with E-state index in [2.05, 4.69) is 22.2 Å². The molecule has 0 saturated heterocycles. The van der Waals surface area contributed by atoms with Crippen molar-refractivity contribution in [1.82, 2.24) is 9.97 Å². The molecule has 0 atom stereocenters. The second kappa shape index (κ2) is 4.87. The van der Waals surface area contributed by atoms with Gasteiger partial charge >= 0.3 is 0 Å². The molecule has 0 radical (unpaired) electrons. The molecule has 1 saturated carbocycles. The SMILES string of the molecule is CC1CCC(O)(CNc2cncc(N)n2)CC1. The number of nitrogen functional groups attached to an aromatic ring is 1. The molecule has 4 N–H and O–H groups in total. The number of rotatable bonds is 3. The van der Waals surface area contributed by atoms with Crippen molar-refractivity contribution >= 4 is 11.6 Å². The largest absolute Gasteiger partial charge is 0.388 e. The molecular formula is C12H20N4O. The van der Waals surface area contributed by atoms with Crippen LogP contribution in [0.3, 0.4) is 0 Å². The molecule has 0 amide bonds. The van der Waals surface area contributed by atoms with E-state index in [0.29, 0.717) is 18.2 Å². The van der Waals surface area contributed by atoms with Crippen LogP contribution in [0.4, 0.5) is 11.6 Å². The van der Waals surface area contributed by atoms with Crippen molar-refractivity contribution in [3.8, 4) is 0 Å². The van der Waals surface area contributed by atoms with Gasteiger partial charge in [0.05, 0.1) is 18.0 Å². The van der Waals surface area contributed by atoms with Crippen LogP contribution in [0.5, 0.6) is 0 Å². The van der Waals surface area contributed by atoms with E-state index in [1.54, 1.807) is 6.20 Å². The lowest BCUT2D eigenvalue weighted by molar-refractivity contribution is 0.00494. The Hall–Kier alpha value is -1.36. The molecule has 1 aromatic heterocycles. The first-order valence-electron chi connectivity index (χ1n) is 6.11. The molecule has 0 unspecified atom stereocenters. The van der Waals surface area contributed by atoms with Crippen LogP contribution in [0.15, 0.2) is 12.4 Å². The molecule has 2 rings (SSSR count). The van der Waals surface area contributed by atoms with E-state index in [1.807, 2.05) is 0 Å². The average molecular weight is 236 g/mol. The second-order valence-corrected chi connectivity index (χ2v) is 5.09. The van der Waals surface area contributed by atoms with Crippen molar-refractivity contribution in [1.29, 1.82) is 0 Å². The molecule has 1 heterocycles. The first-order chi connectivity index (χ1) is 8.07. The summed E-state index contributed by atoms with van der Waals surface area (Å²) >= 11 is 0. The third-order valence-corrected chi connectivity index (χ3v) is 3.46. The molecule has 1 fully saturated rings. The summed E-state index contributed by atoms with van der Waals surface area (Å²) in [5, 5.41) is 13.5. The van der Waals surface area contributed by atoms with Crippen molar-refractivity contribution < 1.29 is 5.11 Å². The van der Waals surface area contributed by atoms with Gasteiger partial charge < -0.3 is 16.2 Å². The molecule has 0 spiro atoms. The van der Waals surface area contributed by atoms with Crippen LogP contribution in [0.25, 0.3) is 0 Å². The van der Waals surface area contributed by atoms with E-state index >= 15 is 0 Å². The summed E-state index contributed by atoms with van der Waals surface area (Å²) in [5.41, 5.74) is 4.93. The van der Waals surface area contributed by atoms with Crippen LogP contribution in [0.1, 0.15) is 32.6 Å². The number of hydrogen-bond acceptors (Lipinski definition) is 5. The fraction of sp³-hybridized carbons (Fsp3) is 0.667. The summed E-state index contributed by atoms with van der Waals surface area (Å²) in [5.74, 6) is 1.73. The Bertz CT molecular complexity index is 375. The van der Waals surface area contributed by atoms with E-state index in [1.165, 1.54) is 6.20 Å².